The molecule has 2 rings (SSSR count). The Labute approximate surface area is 190 Å². The van der Waals surface area contributed by atoms with E-state index in [0.717, 1.165) is 5.56 Å². The number of nitrogens with one attached hydrogen (secondary N) is 2. The normalized spacial score (nSPS) is 15.1. The van der Waals surface area contributed by atoms with E-state index in [4.69, 9.17) is 0 Å². The lowest BCUT2D eigenvalue weighted by molar-refractivity contribution is -0.148. The molecule has 0 radical (unpaired) electrons. The topological polar surface area (TPSA) is 116 Å². The third kappa shape index (κ3) is 7.03. The van der Waals surface area contributed by atoms with Gasteiger partial charge in [0.15, 0.2) is 0 Å². The van der Waals surface area contributed by atoms with Crippen molar-refractivity contribution in [1.29, 1.82) is 0 Å². The SMILES string of the molecule is CC(C)NC(=O)C(=O)N1CCN(C(=O)CCNS(=O)(=O)c2ccc(C(C)(C)C)cc2)CC1. The standard InChI is InChI=1S/C22H34N4O5S/c1-16(2)24-20(28)21(29)26-14-12-25(13-15-26)19(27)10-11-23-32(30,31)18-8-6-17(7-9-18)22(3,4)5/h6-9,16,23H,10-15H2,1-5H3,(H,24,28). The first kappa shape index (κ1) is 25.8. The highest BCUT2D eigenvalue weighted by atomic mass is 32.2. The molecule has 1 fully saturated rings. The lowest BCUT2D eigenvalue weighted by atomic mass is 9.87. The van der Waals surface area contributed by atoms with Crippen LogP contribution in [0.5, 0.6) is 0 Å². The molecule has 32 heavy (non-hydrogen) atoms. The Morgan fingerprint density at radius 2 is 1.50 bits per heavy atom. The number of rotatable bonds is 6. The highest BCUT2D eigenvalue weighted by Crippen LogP contribution is 2.23. The number of sulfonamides is 1. The molecule has 0 aromatic heterocycles. The van der Waals surface area contributed by atoms with E-state index in [0.29, 0.717) is 13.1 Å². The first-order chi connectivity index (χ1) is 14.8. The molecule has 1 heterocycles. The van der Waals surface area contributed by atoms with E-state index in [1.54, 1.807) is 43.0 Å². The molecule has 1 saturated heterocycles. The smallest absolute Gasteiger partial charge is 0.312 e. The summed E-state index contributed by atoms with van der Waals surface area (Å²) in [6, 6.07) is 6.59. The van der Waals surface area contributed by atoms with Gasteiger partial charge in [-0.05, 0) is 37.0 Å². The predicted molar refractivity (Wildman–Crippen MR) is 121 cm³/mol. The average Bonchev–Trinajstić information content (AvgIpc) is 2.72. The van der Waals surface area contributed by atoms with Crippen LogP contribution in [0.2, 0.25) is 0 Å². The molecule has 9 nitrogen and oxygen atoms in total. The second-order valence-corrected chi connectivity index (χ2v) is 11.0. The largest absolute Gasteiger partial charge is 0.346 e. The maximum absolute atomic E-state index is 12.5. The molecule has 3 amide bonds. The van der Waals surface area contributed by atoms with Crippen molar-refractivity contribution in [3.63, 3.8) is 0 Å². The summed E-state index contributed by atoms with van der Waals surface area (Å²) < 4.78 is 27.5. The van der Waals surface area contributed by atoms with Gasteiger partial charge in [0, 0.05) is 45.2 Å². The number of piperazine rings is 1. The molecule has 1 aromatic rings. The summed E-state index contributed by atoms with van der Waals surface area (Å²) in [5, 5.41) is 2.56. The minimum absolute atomic E-state index is 0.0150. The lowest BCUT2D eigenvalue weighted by Gasteiger charge is -2.34. The van der Waals surface area contributed by atoms with Gasteiger partial charge in [-0.3, -0.25) is 14.4 Å². The van der Waals surface area contributed by atoms with Crippen LogP contribution in [0.4, 0.5) is 0 Å². The Hall–Kier alpha value is -2.46. The molecule has 10 heteroatoms. The fourth-order valence-corrected chi connectivity index (χ4v) is 4.33. The van der Waals surface area contributed by atoms with Crippen molar-refractivity contribution < 1.29 is 22.8 Å². The Bertz CT molecular complexity index is 928. The lowest BCUT2D eigenvalue weighted by Crippen LogP contribution is -2.54. The Kier molecular flexibility index (Phi) is 8.41. The van der Waals surface area contributed by atoms with Crippen molar-refractivity contribution >= 4 is 27.7 Å². The number of carbonyl (C=O) groups is 3. The Morgan fingerprint density at radius 1 is 0.969 bits per heavy atom. The van der Waals surface area contributed by atoms with Crippen molar-refractivity contribution in [1.82, 2.24) is 19.8 Å². The zero-order chi connectivity index (χ0) is 24.1. The summed E-state index contributed by atoms with van der Waals surface area (Å²) in [5.41, 5.74) is 0.959. The van der Waals surface area contributed by atoms with Crippen LogP contribution in [-0.2, 0) is 29.8 Å². The maximum Gasteiger partial charge on any atom is 0.312 e. The second kappa shape index (κ2) is 10.4. The minimum atomic E-state index is -3.71. The fourth-order valence-electron chi connectivity index (χ4n) is 3.29. The monoisotopic (exact) mass is 466 g/mol. The molecule has 0 spiro atoms. The highest BCUT2D eigenvalue weighted by molar-refractivity contribution is 7.89. The molecule has 0 bridgehead atoms. The Morgan fingerprint density at radius 3 is 2.00 bits per heavy atom. The van der Waals surface area contributed by atoms with Crippen LogP contribution in [0, 0.1) is 0 Å². The van der Waals surface area contributed by atoms with E-state index in [1.165, 1.54) is 4.90 Å². The van der Waals surface area contributed by atoms with E-state index in [2.05, 4.69) is 30.8 Å². The van der Waals surface area contributed by atoms with Gasteiger partial charge < -0.3 is 15.1 Å². The molecular weight excluding hydrogens is 432 g/mol. The van der Waals surface area contributed by atoms with Gasteiger partial charge in [-0.1, -0.05) is 32.9 Å². The van der Waals surface area contributed by atoms with Crippen LogP contribution >= 0.6 is 0 Å². The zero-order valence-corrected chi connectivity index (χ0v) is 20.3. The van der Waals surface area contributed by atoms with Crippen molar-refractivity contribution in [2.75, 3.05) is 32.7 Å². The van der Waals surface area contributed by atoms with Crippen LogP contribution in [0.3, 0.4) is 0 Å². The third-order valence-electron chi connectivity index (χ3n) is 5.20. The molecule has 0 aliphatic carbocycles. The molecule has 1 aliphatic heterocycles. The van der Waals surface area contributed by atoms with E-state index >= 15 is 0 Å². The van der Waals surface area contributed by atoms with Gasteiger partial charge >= 0.3 is 11.8 Å². The number of nitrogens with zero attached hydrogens (tertiary/aromatic N) is 2. The van der Waals surface area contributed by atoms with Crippen molar-refractivity contribution in [2.45, 2.75) is 57.4 Å². The molecule has 1 aliphatic rings. The predicted octanol–water partition coefficient (Wildman–Crippen LogP) is 0.848. The average molecular weight is 467 g/mol. The molecule has 178 valence electrons. The Balaban J connectivity index is 1.81. The number of benzene rings is 1. The summed E-state index contributed by atoms with van der Waals surface area (Å²) >= 11 is 0. The summed E-state index contributed by atoms with van der Waals surface area (Å²) in [5.74, 6) is -1.45. The number of carbonyl (C=O) groups excluding carboxylic acids is 3. The van der Waals surface area contributed by atoms with E-state index in [9.17, 15) is 22.8 Å². The van der Waals surface area contributed by atoms with Gasteiger partial charge in [-0.15, -0.1) is 0 Å². The van der Waals surface area contributed by atoms with Gasteiger partial charge in [-0.2, -0.15) is 0 Å². The number of hydrogen-bond donors (Lipinski definition) is 2. The fraction of sp³-hybridized carbons (Fsp3) is 0.591. The molecule has 2 N–H and O–H groups in total. The van der Waals surface area contributed by atoms with Crippen molar-refractivity contribution in [3.8, 4) is 0 Å². The number of hydrogen-bond acceptors (Lipinski definition) is 5. The molecule has 0 atom stereocenters. The first-order valence-electron chi connectivity index (χ1n) is 10.8. The van der Waals surface area contributed by atoms with Crippen molar-refractivity contribution in [3.05, 3.63) is 29.8 Å². The highest BCUT2D eigenvalue weighted by Gasteiger charge is 2.28. The third-order valence-corrected chi connectivity index (χ3v) is 6.67. The maximum atomic E-state index is 12.5. The van der Waals surface area contributed by atoms with Gasteiger partial charge in [-0.25, -0.2) is 13.1 Å². The minimum Gasteiger partial charge on any atom is -0.346 e. The van der Waals surface area contributed by atoms with Crippen LogP contribution in [0.15, 0.2) is 29.2 Å². The van der Waals surface area contributed by atoms with Gasteiger partial charge in [0.05, 0.1) is 4.90 Å². The molecule has 0 saturated carbocycles. The van der Waals surface area contributed by atoms with Crippen LogP contribution in [0.25, 0.3) is 0 Å². The first-order valence-corrected chi connectivity index (χ1v) is 12.3. The van der Waals surface area contributed by atoms with Crippen LogP contribution in [0.1, 0.15) is 46.6 Å². The molecular formula is C22H34N4O5S. The van der Waals surface area contributed by atoms with E-state index in [-0.39, 0.29) is 48.3 Å². The van der Waals surface area contributed by atoms with Gasteiger partial charge in [0.25, 0.3) is 0 Å². The van der Waals surface area contributed by atoms with Gasteiger partial charge in [0.1, 0.15) is 0 Å². The number of amides is 3. The van der Waals surface area contributed by atoms with Crippen LogP contribution < -0.4 is 10.0 Å². The van der Waals surface area contributed by atoms with E-state index < -0.39 is 21.8 Å². The second-order valence-electron chi connectivity index (χ2n) is 9.22. The summed E-state index contributed by atoms with van der Waals surface area (Å²) in [7, 11) is -3.71. The molecule has 1 aromatic carbocycles. The zero-order valence-electron chi connectivity index (χ0n) is 19.5. The summed E-state index contributed by atoms with van der Waals surface area (Å²) in [6.45, 7) is 10.8. The van der Waals surface area contributed by atoms with Crippen molar-refractivity contribution in [2.24, 2.45) is 0 Å². The van der Waals surface area contributed by atoms with Gasteiger partial charge in [0.2, 0.25) is 15.9 Å². The quantitative estimate of drug-likeness (QED) is 0.603. The summed E-state index contributed by atoms with van der Waals surface area (Å²) in [4.78, 5) is 39.6. The summed E-state index contributed by atoms with van der Waals surface area (Å²) in [6.07, 6.45) is 0.0150. The molecule has 0 unspecified atom stereocenters. The van der Waals surface area contributed by atoms with Crippen LogP contribution in [-0.4, -0.2) is 74.7 Å². The van der Waals surface area contributed by atoms with E-state index in [1.807, 2.05) is 0 Å².